The van der Waals surface area contributed by atoms with Crippen LogP contribution in [0.2, 0.25) is 0 Å². The lowest BCUT2D eigenvalue weighted by Gasteiger charge is -2.63. The molecule has 0 aliphatic heterocycles. The number of hydrogen-bond acceptors (Lipinski definition) is 4. The average molecular weight is 469 g/mol. The van der Waals surface area contributed by atoms with Crippen molar-refractivity contribution in [3.63, 3.8) is 0 Å². The number of fused-ring (bicyclic) bond motifs is 5. The predicted molar refractivity (Wildman–Crippen MR) is 134 cm³/mol. The zero-order valence-corrected chi connectivity index (χ0v) is 21.6. The molecule has 0 aromatic heterocycles. The Balaban J connectivity index is 1.43. The molecule has 0 amide bonds. The number of carbonyl (C=O) groups excluding carboxylic acids is 1. The van der Waals surface area contributed by atoms with E-state index >= 15 is 0 Å². The predicted octanol–water partition coefficient (Wildman–Crippen LogP) is 6.30. The van der Waals surface area contributed by atoms with Gasteiger partial charge in [0.05, 0.1) is 18.3 Å². The minimum absolute atomic E-state index is 0.0779. The van der Waals surface area contributed by atoms with E-state index < -0.39 is 5.60 Å². The summed E-state index contributed by atoms with van der Waals surface area (Å²) in [4.78, 5) is 13.8. The fourth-order valence-corrected chi connectivity index (χ4v) is 9.49. The summed E-state index contributed by atoms with van der Waals surface area (Å²) in [6.07, 6.45) is 11.1. The maximum Gasteiger partial charge on any atom is 0.170 e. The van der Waals surface area contributed by atoms with E-state index in [0.717, 1.165) is 50.7 Å². The summed E-state index contributed by atoms with van der Waals surface area (Å²) >= 11 is 0. The first-order valence-corrected chi connectivity index (χ1v) is 13.6. The third-order valence-electron chi connectivity index (χ3n) is 11.1. The van der Waals surface area contributed by atoms with E-state index in [1.54, 1.807) is 7.11 Å². The topological polar surface area (TPSA) is 55.8 Å². The summed E-state index contributed by atoms with van der Waals surface area (Å²) in [5, 5.41) is 10.9. The van der Waals surface area contributed by atoms with Crippen LogP contribution in [-0.4, -0.2) is 37.3 Å². The van der Waals surface area contributed by atoms with Crippen molar-refractivity contribution < 1.29 is 19.4 Å². The molecular weight excluding hydrogens is 424 g/mol. The van der Waals surface area contributed by atoms with E-state index in [4.69, 9.17) is 9.47 Å². The monoisotopic (exact) mass is 468 g/mol. The second-order valence-electron chi connectivity index (χ2n) is 12.6. The van der Waals surface area contributed by atoms with Gasteiger partial charge in [0, 0.05) is 19.6 Å². The largest absolute Gasteiger partial charge is 0.496 e. The molecule has 0 radical (unpaired) electrons. The highest BCUT2D eigenvalue weighted by molar-refractivity contribution is 6.01. The average Bonchev–Trinajstić information content (AvgIpc) is 3.19. The molecule has 4 heteroatoms. The van der Waals surface area contributed by atoms with Crippen LogP contribution in [0, 0.1) is 40.4 Å². The molecule has 4 nitrogen and oxygen atoms in total. The van der Waals surface area contributed by atoms with Gasteiger partial charge in [0.2, 0.25) is 0 Å². The number of rotatable bonds is 6. The van der Waals surface area contributed by atoms with Gasteiger partial charge in [-0.1, -0.05) is 19.1 Å². The van der Waals surface area contributed by atoms with Crippen molar-refractivity contribution in [2.45, 2.75) is 83.7 Å². The van der Waals surface area contributed by atoms with Crippen LogP contribution >= 0.6 is 0 Å². The first-order chi connectivity index (χ1) is 16.3. The first kappa shape index (κ1) is 24.3. The molecular formula is C30H44O4. The van der Waals surface area contributed by atoms with E-state index in [1.807, 2.05) is 38.3 Å². The molecule has 0 heterocycles. The van der Waals surface area contributed by atoms with Gasteiger partial charge in [-0.05, 0) is 118 Å². The highest BCUT2D eigenvalue weighted by Gasteiger charge is 2.63. The Kier molecular flexibility index (Phi) is 6.38. The zero-order chi connectivity index (χ0) is 24.1. The SMILES string of the molecule is COCC[C@]12CC[C@@](C)(O)C[C@@H]1CC[C@H]1[C@@H]3CC[C@H](C(=O)c4ccccc4OC)[C@@]3(C)CC[C@@H]12. The van der Waals surface area contributed by atoms with Crippen LogP contribution in [0.1, 0.15) is 88.4 Å². The Morgan fingerprint density at radius 2 is 1.79 bits per heavy atom. The molecule has 8 atom stereocenters. The minimum atomic E-state index is -0.517. The molecule has 0 spiro atoms. The molecule has 4 fully saturated rings. The summed E-state index contributed by atoms with van der Waals surface area (Å²) in [6.45, 7) is 5.29. The Hall–Kier alpha value is -1.39. The van der Waals surface area contributed by atoms with Gasteiger partial charge in [0.1, 0.15) is 5.75 Å². The second kappa shape index (κ2) is 8.92. The van der Waals surface area contributed by atoms with Gasteiger partial charge in [0.15, 0.2) is 5.78 Å². The van der Waals surface area contributed by atoms with Crippen molar-refractivity contribution in [3.05, 3.63) is 29.8 Å². The van der Waals surface area contributed by atoms with Crippen molar-refractivity contribution in [2.24, 2.45) is 40.4 Å². The lowest BCUT2D eigenvalue weighted by molar-refractivity contribution is -0.160. The molecule has 1 N–H and O–H groups in total. The summed E-state index contributed by atoms with van der Waals surface area (Å²) in [5.74, 6) is 3.72. The quantitative estimate of drug-likeness (QED) is 0.498. The smallest absolute Gasteiger partial charge is 0.170 e. The van der Waals surface area contributed by atoms with Crippen molar-refractivity contribution >= 4 is 5.78 Å². The Bertz CT molecular complexity index is 909. The van der Waals surface area contributed by atoms with Crippen LogP contribution in [0.5, 0.6) is 5.75 Å². The number of aliphatic hydroxyl groups is 1. The van der Waals surface area contributed by atoms with Crippen molar-refractivity contribution in [3.8, 4) is 5.75 Å². The maximum absolute atomic E-state index is 13.8. The number of benzene rings is 1. The molecule has 188 valence electrons. The van der Waals surface area contributed by atoms with Gasteiger partial charge in [-0.25, -0.2) is 0 Å². The van der Waals surface area contributed by atoms with E-state index in [9.17, 15) is 9.90 Å². The molecule has 4 aliphatic carbocycles. The van der Waals surface area contributed by atoms with E-state index in [0.29, 0.717) is 34.8 Å². The standard InChI is InChI=1S/C30H44O4/c1-28(32)15-16-30(17-18-33-3)20(19-28)9-10-21-23-11-12-25(29(23,2)14-13-24(21)30)27(31)22-7-5-6-8-26(22)34-4/h5-8,20-21,23-25,32H,9-19H2,1-4H3/t20-,21-,23-,24-,25+,28+,29-,30+/m0/s1. The van der Waals surface area contributed by atoms with Crippen LogP contribution in [0.4, 0.5) is 0 Å². The Morgan fingerprint density at radius 3 is 2.56 bits per heavy atom. The number of carbonyl (C=O) groups is 1. The highest BCUT2D eigenvalue weighted by atomic mass is 16.5. The molecule has 0 bridgehead atoms. The molecule has 1 aromatic rings. The number of ketones is 1. The van der Waals surface area contributed by atoms with Gasteiger partial charge < -0.3 is 14.6 Å². The Labute approximate surface area is 205 Å². The molecule has 5 rings (SSSR count). The third-order valence-corrected chi connectivity index (χ3v) is 11.1. The fraction of sp³-hybridized carbons (Fsp3) is 0.767. The van der Waals surface area contributed by atoms with E-state index in [1.165, 1.54) is 25.7 Å². The zero-order valence-electron chi connectivity index (χ0n) is 21.6. The molecule has 4 aliphatic rings. The van der Waals surface area contributed by atoms with Crippen LogP contribution in [-0.2, 0) is 4.74 Å². The second-order valence-corrected chi connectivity index (χ2v) is 12.6. The molecule has 0 unspecified atom stereocenters. The van der Waals surface area contributed by atoms with E-state index in [-0.39, 0.29) is 17.1 Å². The molecule has 4 saturated carbocycles. The van der Waals surface area contributed by atoms with Crippen molar-refractivity contribution in [2.75, 3.05) is 20.8 Å². The number of methoxy groups -OCH3 is 2. The number of para-hydroxylation sites is 1. The van der Waals surface area contributed by atoms with Gasteiger partial charge in [-0.2, -0.15) is 0 Å². The van der Waals surface area contributed by atoms with Crippen LogP contribution in [0.25, 0.3) is 0 Å². The number of Topliss-reactive ketones (excluding diaryl/α,β-unsaturated/α-hetero) is 1. The summed E-state index contributed by atoms with van der Waals surface area (Å²) in [5.41, 5.74) is 0.618. The number of hydrogen-bond donors (Lipinski definition) is 1. The van der Waals surface area contributed by atoms with Gasteiger partial charge >= 0.3 is 0 Å². The normalized spacial score (nSPS) is 43.5. The highest BCUT2D eigenvalue weighted by Crippen LogP contribution is 2.69. The summed E-state index contributed by atoms with van der Waals surface area (Å²) in [7, 11) is 3.49. The van der Waals surface area contributed by atoms with E-state index in [2.05, 4.69) is 6.92 Å². The van der Waals surface area contributed by atoms with Crippen LogP contribution in [0.3, 0.4) is 0 Å². The van der Waals surface area contributed by atoms with Crippen LogP contribution < -0.4 is 4.74 Å². The summed E-state index contributed by atoms with van der Waals surface area (Å²) < 4.78 is 11.2. The van der Waals surface area contributed by atoms with Gasteiger partial charge in [-0.15, -0.1) is 0 Å². The third kappa shape index (κ3) is 3.75. The molecule has 34 heavy (non-hydrogen) atoms. The molecule has 0 saturated heterocycles. The maximum atomic E-state index is 13.8. The Morgan fingerprint density at radius 1 is 1.00 bits per heavy atom. The lowest BCUT2D eigenvalue weighted by Crippen LogP contribution is -2.57. The number of ether oxygens (including phenoxy) is 2. The van der Waals surface area contributed by atoms with Gasteiger partial charge in [-0.3, -0.25) is 4.79 Å². The van der Waals surface area contributed by atoms with Crippen LogP contribution in [0.15, 0.2) is 24.3 Å². The minimum Gasteiger partial charge on any atom is -0.496 e. The fourth-order valence-electron chi connectivity index (χ4n) is 9.49. The van der Waals surface area contributed by atoms with Crippen molar-refractivity contribution in [1.82, 2.24) is 0 Å². The molecule has 1 aromatic carbocycles. The lowest BCUT2D eigenvalue weighted by atomic mass is 9.42. The van der Waals surface area contributed by atoms with Gasteiger partial charge in [0.25, 0.3) is 0 Å². The first-order valence-electron chi connectivity index (χ1n) is 13.6. The van der Waals surface area contributed by atoms with Crippen molar-refractivity contribution in [1.29, 1.82) is 0 Å². The summed E-state index contributed by atoms with van der Waals surface area (Å²) in [6, 6.07) is 7.76.